The number of nitrogens with zero attached hydrogens (tertiary/aromatic N) is 1. The van der Waals surface area contributed by atoms with Crippen molar-refractivity contribution in [2.45, 2.75) is 25.8 Å². The van der Waals surface area contributed by atoms with Crippen LogP contribution in [0.3, 0.4) is 0 Å². The Morgan fingerprint density at radius 2 is 1.62 bits per heavy atom. The van der Waals surface area contributed by atoms with Crippen LogP contribution in [0.25, 0.3) is 11.1 Å². The van der Waals surface area contributed by atoms with Crippen molar-refractivity contribution in [3.8, 4) is 11.1 Å². The van der Waals surface area contributed by atoms with E-state index in [1.54, 1.807) is 0 Å². The van der Waals surface area contributed by atoms with Gasteiger partial charge in [-0.25, -0.2) is 0 Å². The first-order valence-electron chi connectivity index (χ1n) is 8.84. The number of fused-ring (bicyclic) bond motifs is 2. The van der Waals surface area contributed by atoms with E-state index in [0.29, 0.717) is 11.8 Å². The first-order chi connectivity index (χ1) is 11.6. The quantitative estimate of drug-likeness (QED) is 0.921. The van der Waals surface area contributed by atoms with E-state index in [9.17, 15) is 4.79 Å². The molecule has 1 saturated heterocycles. The summed E-state index contributed by atoms with van der Waals surface area (Å²) in [6.07, 6.45) is 2.33. The average molecular weight is 320 g/mol. The third kappa shape index (κ3) is 2.73. The summed E-state index contributed by atoms with van der Waals surface area (Å²) in [6.45, 7) is 3.71. The van der Waals surface area contributed by atoms with Crippen molar-refractivity contribution in [2.24, 2.45) is 17.6 Å². The molecule has 1 unspecified atom stereocenters. The molecular formula is C21H24N2O. The summed E-state index contributed by atoms with van der Waals surface area (Å²) in [5.74, 6) is 1.11. The monoisotopic (exact) mass is 320 g/mol. The predicted octanol–water partition coefficient (Wildman–Crippen LogP) is 3.47. The predicted molar refractivity (Wildman–Crippen MR) is 96.7 cm³/mol. The van der Waals surface area contributed by atoms with Crippen molar-refractivity contribution in [3.63, 3.8) is 0 Å². The number of hydrogen-bond donors (Lipinski definition) is 1. The number of benzene rings is 2. The lowest BCUT2D eigenvalue weighted by Crippen LogP contribution is -2.50. The molecule has 3 heteroatoms. The van der Waals surface area contributed by atoms with Gasteiger partial charge in [-0.15, -0.1) is 0 Å². The molecule has 1 heterocycles. The molecule has 2 aliphatic rings. The zero-order valence-electron chi connectivity index (χ0n) is 14.1. The second-order valence-electron chi connectivity index (χ2n) is 7.34. The minimum atomic E-state index is 0.147. The van der Waals surface area contributed by atoms with Gasteiger partial charge in [-0.3, -0.25) is 4.79 Å². The number of rotatable bonds is 2. The van der Waals surface area contributed by atoms with Crippen molar-refractivity contribution >= 4 is 5.91 Å². The van der Waals surface area contributed by atoms with E-state index in [2.05, 4.69) is 37.3 Å². The summed E-state index contributed by atoms with van der Waals surface area (Å²) < 4.78 is 0. The van der Waals surface area contributed by atoms with E-state index >= 15 is 0 Å². The molecule has 1 aliphatic heterocycles. The maximum absolute atomic E-state index is 13.0. The maximum Gasteiger partial charge on any atom is 0.253 e. The first kappa shape index (κ1) is 15.4. The molecule has 0 radical (unpaired) electrons. The molecule has 2 N–H and O–H groups in total. The summed E-state index contributed by atoms with van der Waals surface area (Å²) in [5.41, 5.74) is 10.5. The molecule has 0 spiro atoms. The van der Waals surface area contributed by atoms with E-state index in [1.165, 1.54) is 18.4 Å². The van der Waals surface area contributed by atoms with E-state index in [-0.39, 0.29) is 11.9 Å². The van der Waals surface area contributed by atoms with Gasteiger partial charge in [0.05, 0.1) is 0 Å². The fraction of sp³-hybridized carbons (Fsp3) is 0.381. The molecule has 1 amide bonds. The van der Waals surface area contributed by atoms with Gasteiger partial charge in [-0.05, 0) is 54.9 Å². The van der Waals surface area contributed by atoms with E-state index in [1.807, 2.05) is 23.1 Å². The first-order valence-corrected chi connectivity index (χ1v) is 8.84. The van der Waals surface area contributed by atoms with Crippen molar-refractivity contribution in [2.75, 3.05) is 13.1 Å². The van der Waals surface area contributed by atoms with Gasteiger partial charge in [-0.1, -0.05) is 42.0 Å². The minimum Gasteiger partial charge on any atom is -0.338 e. The van der Waals surface area contributed by atoms with Crippen LogP contribution in [0.5, 0.6) is 0 Å². The molecule has 4 rings (SSSR count). The highest BCUT2D eigenvalue weighted by Gasteiger charge is 2.41. The average Bonchev–Trinajstić information content (AvgIpc) is 2.82. The van der Waals surface area contributed by atoms with Gasteiger partial charge in [0, 0.05) is 24.7 Å². The standard InChI is InChI=1S/C21H24N2O/c1-14-4-2-5-15(10-14)16-6-3-7-17(11-16)21(24)23-12-18-8-9-19(13-23)20(18)22/h2-7,10-11,18-20H,8-9,12-13,22H2,1H3/t18-,19+,20?. The third-order valence-electron chi connectivity index (χ3n) is 5.65. The molecule has 1 saturated carbocycles. The molecule has 3 atom stereocenters. The molecular weight excluding hydrogens is 296 g/mol. The van der Waals surface area contributed by atoms with Crippen molar-refractivity contribution < 1.29 is 4.79 Å². The zero-order chi connectivity index (χ0) is 16.7. The van der Waals surface area contributed by atoms with Crippen LogP contribution < -0.4 is 5.73 Å². The van der Waals surface area contributed by atoms with E-state index in [4.69, 9.17) is 5.73 Å². The van der Waals surface area contributed by atoms with E-state index in [0.717, 1.165) is 29.8 Å². The van der Waals surface area contributed by atoms with Crippen LogP contribution in [0.1, 0.15) is 28.8 Å². The Hall–Kier alpha value is -2.13. The molecule has 3 nitrogen and oxygen atoms in total. The Labute approximate surface area is 143 Å². The number of nitrogens with two attached hydrogens (primary N) is 1. The SMILES string of the molecule is Cc1cccc(-c2cccc(C(=O)N3C[C@H]4CC[C@@H](C3)C4N)c2)c1. The van der Waals surface area contributed by atoms with Crippen LogP contribution in [-0.4, -0.2) is 29.9 Å². The van der Waals surface area contributed by atoms with E-state index < -0.39 is 0 Å². The Balaban J connectivity index is 1.58. The molecule has 2 aromatic rings. The van der Waals surface area contributed by atoms with Gasteiger partial charge >= 0.3 is 0 Å². The van der Waals surface area contributed by atoms with Crippen LogP contribution in [-0.2, 0) is 0 Å². The van der Waals surface area contributed by atoms with Crippen LogP contribution >= 0.6 is 0 Å². The number of carbonyl (C=O) groups is 1. The summed E-state index contributed by atoms with van der Waals surface area (Å²) in [5, 5.41) is 0. The molecule has 2 fully saturated rings. The van der Waals surface area contributed by atoms with Crippen LogP contribution in [0.2, 0.25) is 0 Å². The lowest BCUT2D eigenvalue weighted by molar-refractivity contribution is 0.0637. The van der Waals surface area contributed by atoms with Gasteiger partial charge in [0.2, 0.25) is 0 Å². The van der Waals surface area contributed by atoms with Gasteiger partial charge in [0.25, 0.3) is 5.91 Å². The molecule has 24 heavy (non-hydrogen) atoms. The van der Waals surface area contributed by atoms with Gasteiger partial charge < -0.3 is 10.6 Å². The normalized spacial score (nSPS) is 25.8. The number of amides is 1. The van der Waals surface area contributed by atoms with Crippen LogP contribution in [0, 0.1) is 18.8 Å². The fourth-order valence-electron chi connectivity index (χ4n) is 4.27. The minimum absolute atomic E-state index is 0.147. The van der Waals surface area contributed by atoms with Crippen molar-refractivity contribution in [1.29, 1.82) is 0 Å². The maximum atomic E-state index is 13.0. The smallest absolute Gasteiger partial charge is 0.253 e. The summed E-state index contributed by atoms with van der Waals surface area (Å²) in [4.78, 5) is 15.0. The van der Waals surface area contributed by atoms with Crippen molar-refractivity contribution in [1.82, 2.24) is 4.90 Å². The van der Waals surface area contributed by atoms with Crippen molar-refractivity contribution in [3.05, 3.63) is 59.7 Å². The number of hydrogen-bond acceptors (Lipinski definition) is 2. The largest absolute Gasteiger partial charge is 0.338 e. The summed E-state index contributed by atoms with van der Waals surface area (Å²) in [6, 6.07) is 16.7. The lowest BCUT2D eigenvalue weighted by Gasteiger charge is -2.36. The number of aryl methyl sites for hydroxylation is 1. The Morgan fingerprint density at radius 3 is 2.29 bits per heavy atom. The Morgan fingerprint density at radius 1 is 1.00 bits per heavy atom. The highest BCUT2D eigenvalue weighted by Crippen LogP contribution is 2.36. The molecule has 2 aromatic carbocycles. The van der Waals surface area contributed by atoms with Gasteiger partial charge in [0.15, 0.2) is 0 Å². The highest BCUT2D eigenvalue weighted by molar-refractivity contribution is 5.95. The van der Waals surface area contributed by atoms with Crippen LogP contribution in [0.15, 0.2) is 48.5 Å². The van der Waals surface area contributed by atoms with Gasteiger partial charge in [0.1, 0.15) is 0 Å². The third-order valence-corrected chi connectivity index (χ3v) is 5.65. The fourth-order valence-corrected chi connectivity index (χ4v) is 4.27. The second kappa shape index (κ2) is 6.06. The zero-order valence-corrected chi connectivity index (χ0v) is 14.1. The molecule has 2 bridgehead atoms. The second-order valence-corrected chi connectivity index (χ2v) is 7.34. The Bertz CT molecular complexity index is 756. The topological polar surface area (TPSA) is 46.3 Å². The summed E-state index contributed by atoms with van der Waals surface area (Å²) >= 11 is 0. The molecule has 0 aromatic heterocycles. The molecule has 124 valence electrons. The van der Waals surface area contributed by atoms with Gasteiger partial charge in [-0.2, -0.15) is 0 Å². The number of likely N-dealkylation sites (tertiary alicyclic amines) is 1. The summed E-state index contributed by atoms with van der Waals surface area (Å²) in [7, 11) is 0. The van der Waals surface area contributed by atoms with Crippen LogP contribution in [0.4, 0.5) is 0 Å². The number of piperidine rings is 1. The molecule has 1 aliphatic carbocycles. The highest BCUT2D eigenvalue weighted by atomic mass is 16.2. The Kier molecular flexibility index (Phi) is 3.89. The lowest BCUT2D eigenvalue weighted by atomic mass is 9.92. The number of carbonyl (C=O) groups excluding carboxylic acids is 1.